The average Bonchev–Trinajstić information content (AvgIpc) is 2.00. The molecule has 0 aromatic heterocycles. The molecule has 0 aliphatic heterocycles. The van der Waals surface area contributed by atoms with Crippen LogP contribution in [-0.2, 0) is 9.53 Å². The van der Waals surface area contributed by atoms with Crippen molar-refractivity contribution in [3.05, 3.63) is 0 Å². The summed E-state index contributed by atoms with van der Waals surface area (Å²) in [5.74, 6) is -0.166. The van der Waals surface area contributed by atoms with Crippen molar-refractivity contribution in [2.24, 2.45) is 0 Å². The summed E-state index contributed by atoms with van der Waals surface area (Å²) >= 11 is 0. The molecule has 12 heavy (non-hydrogen) atoms. The summed E-state index contributed by atoms with van der Waals surface area (Å²) in [6.07, 6.45) is 1.03. The van der Waals surface area contributed by atoms with E-state index in [0.717, 1.165) is 13.0 Å². The Morgan fingerprint density at radius 1 is 1.50 bits per heavy atom. The van der Waals surface area contributed by atoms with E-state index in [1.54, 1.807) is 0 Å². The number of carbonyl (C=O) groups excluding carboxylic acids is 1. The van der Waals surface area contributed by atoms with Gasteiger partial charge in [0.2, 0.25) is 0 Å². The lowest BCUT2D eigenvalue weighted by Crippen LogP contribution is -2.35. The minimum absolute atomic E-state index is 0. The van der Waals surface area contributed by atoms with Gasteiger partial charge >= 0.3 is 5.97 Å². The number of rotatable bonds is 5. The molecule has 0 aromatic carbocycles. The molecule has 1 unspecified atom stereocenters. The third-order valence-electron chi connectivity index (χ3n) is 1.34. The van der Waals surface area contributed by atoms with Crippen LogP contribution in [0.3, 0.4) is 0 Å². The molecule has 0 spiro atoms. The molecule has 0 rings (SSSR count). The van der Waals surface area contributed by atoms with Crippen LogP contribution in [0.4, 0.5) is 0 Å². The molecule has 0 amide bonds. The first-order valence-corrected chi connectivity index (χ1v) is 4.12. The molecule has 0 aromatic rings. The van der Waals surface area contributed by atoms with Crippen molar-refractivity contribution in [3.8, 4) is 0 Å². The van der Waals surface area contributed by atoms with Crippen molar-refractivity contribution in [1.29, 1.82) is 0 Å². The molecule has 4 heteroatoms. The molecular formula is C8H18ClNO2. The molecule has 3 nitrogen and oxygen atoms in total. The molecule has 0 bridgehead atoms. The van der Waals surface area contributed by atoms with Crippen LogP contribution in [0.2, 0.25) is 0 Å². The first kappa shape index (κ1) is 14.3. The molecule has 0 saturated carbocycles. The number of ether oxygens (including phenoxy) is 1. The molecule has 0 heterocycles. The van der Waals surface area contributed by atoms with Crippen LogP contribution in [-0.4, -0.2) is 25.2 Å². The van der Waals surface area contributed by atoms with Crippen LogP contribution in [0.25, 0.3) is 0 Å². The van der Waals surface area contributed by atoms with Crippen molar-refractivity contribution in [3.63, 3.8) is 0 Å². The average molecular weight is 196 g/mol. The third kappa shape index (κ3) is 6.43. The second-order valence-electron chi connectivity index (χ2n) is 2.43. The normalized spacial score (nSPS) is 11.6. The van der Waals surface area contributed by atoms with E-state index in [1.165, 1.54) is 0 Å². The molecule has 0 saturated heterocycles. The van der Waals surface area contributed by atoms with Gasteiger partial charge in [0, 0.05) is 0 Å². The first-order valence-electron chi connectivity index (χ1n) is 4.12. The zero-order valence-electron chi connectivity index (χ0n) is 7.92. The zero-order chi connectivity index (χ0) is 8.69. The summed E-state index contributed by atoms with van der Waals surface area (Å²) in [4.78, 5) is 11.0. The summed E-state index contributed by atoms with van der Waals surface area (Å²) in [7, 11) is 0. The Morgan fingerprint density at radius 3 is 2.50 bits per heavy atom. The van der Waals surface area contributed by atoms with Crippen molar-refractivity contribution >= 4 is 18.4 Å². The summed E-state index contributed by atoms with van der Waals surface area (Å²) in [5.41, 5.74) is 0. The maximum absolute atomic E-state index is 11.0. The van der Waals surface area contributed by atoms with E-state index in [2.05, 4.69) is 12.2 Å². The summed E-state index contributed by atoms with van der Waals surface area (Å²) in [5, 5.41) is 3.04. The van der Waals surface area contributed by atoms with Gasteiger partial charge in [0.15, 0.2) is 0 Å². The largest absolute Gasteiger partial charge is 0.465 e. The molecular weight excluding hydrogens is 178 g/mol. The van der Waals surface area contributed by atoms with Gasteiger partial charge in [-0.2, -0.15) is 0 Å². The molecule has 1 N–H and O–H groups in total. The standard InChI is InChI=1S/C8H17NO2.ClH/c1-4-6-9-7(3)8(10)11-5-2;/h7,9H,4-6H2,1-3H3;1H. The predicted octanol–water partition coefficient (Wildman–Crippen LogP) is 1.36. The van der Waals surface area contributed by atoms with Crippen molar-refractivity contribution in [2.45, 2.75) is 33.2 Å². The van der Waals surface area contributed by atoms with E-state index < -0.39 is 0 Å². The maximum atomic E-state index is 11.0. The second-order valence-corrected chi connectivity index (χ2v) is 2.43. The highest BCUT2D eigenvalue weighted by Gasteiger charge is 2.11. The van der Waals surface area contributed by atoms with Crippen LogP contribution in [0, 0.1) is 0 Å². The van der Waals surface area contributed by atoms with Gasteiger partial charge in [0.25, 0.3) is 0 Å². The van der Waals surface area contributed by atoms with Gasteiger partial charge in [-0.3, -0.25) is 4.79 Å². The summed E-state index contributed by atoms with van der Waals surface area (Å²) in [6, 6.07) is -0.171. The predicted molar refractivity (Wildman–Crippen MR) is 51.6 cm³/mol. The monoisotopic (exact) mass is 195 g/mol. The molecule has 0 fully saturated rings. The Morgan fingerprint density at radius 2 is 2.08 bits per heavy atom. The number of carbonyl (C=O) groups is 1. The Labute approximate surface area is 80.3 Å². The number of halogens is 1. The highest BCUT2D eigenvalue weighted by Crippen LogP contribution is 1.87. The van der Waals surface area contributed by atoms with Gasteiger partial charge in [-0.25, -0.2) is 0 Å². The summed E-state index contributed by atoms with van der Waals surface area (Å²) < 4.78 is 4.80. The van der Waals surface area contributed by atoms with Crippen LogP contribution in [0.15, 0.2) is 0 Å². The fourth-order valence-electron chi connectivity index (χ4n) is 0.711. The molecule has 0 radical (unpaired) electrons. The number of hydrogen-bond donors (Lipinski definition) is 1. The van der Waals surface area contributed by atoms with Gasteiger partial charge < -0.3 is 10.1 Å². The lowest BCUT2D eigenvalue weighted by molar-refractivity contribution is -0.145. The Hall–Kier alpha value is -0.280. The van der Waals surface area contributed by atoms with Crippen LogP contribution in [0.5, 0.6) is 0 Å². The quantitative estimate of drug-likeness (QED) is 0.674. The van der Waals surface area contributed by atoms with Gasteiger partial charge in [-0.05, 0) is 26.8 Å². The fraction of sp³-hybridized carbons (Fsp3) is 0.875. The van der Waals surface area contributed by atoms with Crippen LogP contribution >= 0.6 is 12.4 Å². The number of nitrogens with one attached hydrogen (secondary N) is 1. The van der Waals surface area contributed by atoms with Crippen molar-refractivity contribution in [1.82, 2.24) is 5.32 Å². The van der Waals surface area contributed by atoms with Gasteiger partial charge in [0.1, 0.15) is 6.04 Å². The lowest BCUT2D eigenvalue weighted by Gasteiger charge is -2.10. The Bertz CT molecular complexity index is 120. The van der Waals surface area contributed by atoms with E-state index in [1.807, 2.05) is 13.8 Å². The third-order valence-corrected chi connectivity index (χ3v) is 1.34. The molecule has 74 valence electrons. The summed E-state index contributed by atoms with van der Waals surface area (Å²) in [6.45, 7) is 7.00. The Kier molecular flexibility index (Phi) is 10.5. The minimum Gasteiger partial charge on any atom is -0.465 e. The van der Waals surface area contributed by atoms with E-state index >= 15 is 0 Å². The van der Waals surface area contributed by atoms with E-state index in [-0.39, 0.29) is 24.4 Å². The zero-order valence-corrected chi connectivity index (χ0v) is 8.74. The molecule has 0 aliphatic carbocycles. The highest BCUT2D eigenvalue weighted by atomic mass is 35.5. The molecule has 1 atom stereocenters. The van der Waals surface area contributed by atoms with Crippen molar-refractivity contribution in [2.75, 3.05) is 13.2 Å². The van der Waals surface area contributed by atoms with Gasteiger partial charge in [0.05, 0.1) is 6.61 Å². The Balaban J connectivity index is 0. The lowest BCUT2D eigenvalue weighted by atomic mass is 10.3. The minimum atomic E-state index is -0.171. The van der Waals surface area contributed by atoms with E-state index in [0.29, 0.717) is 6.61 Å². The van der Waals surface area contributed by atoms with Crippen molar-refractivity contribution < 1.29 is 9.53 Å². The van der Waals surface area contributed by atoms with Crippen LogP contribution in [0.1, 0.15) is 27.2 Å². The highest BCUT2D eigenvalue weighted by molar-refractivity contribution is 5.85. The van der Waals surface area contributed by atoms with Gasteiger partial charge in [-0.1, -0.05) is 6.92 Å². The maximum Gasteiger partial charge on any atom is 0.322 e. The SMILES string of the molecule is CCCNC(C)C(=O)OCC.Cl. The second kappa shape index (κ2) is 8.81. The first-order chi connectivity index (χ1) is 5.22. The molecule has 0 aliphatic rings. The topological polar surface area (TPSA) is 38.3 Å². The van der Waals surface area contributed by atoms with E-state index in [9.17, 15) is 4.79 Å². The van der Waals surface area contributed by atoms with Gasteiger partial charge in [-0.15, -0.1) is 12.4 Å². The number of hydrogen-bond acceptors (Lipinski definition) is 3. The smallest absolute Gasteiger partial charge is 0.322 e. The van der Waals surface area contributed by atoms with E-state index in [4.69, 9.17) is 4.74 Å². The number of esters is 1. The van der Waals surface area contributed by atoms with Crippen LogP contribution < -0.4 is 5.32 Å². The fourth-order valence-corrected chi connectivity index (χ4v) is 0.711.